The average molecular weight is 385 g/mol. The Morgan fingerprint density at radius 2 is 1.92 bits per heavy atom. The first kappa shape index (κ1) is 17.7. The molecule has 1 amide bonds. The number of rotatable bonds is 4. The number of aromatic nitrogens is 2. The van der Waals surface area contributed by atoms with Crippen molar-refractivity contribution in [3.05, 3.63) is 70.2 Å². The molecule has 0 unspecified atom stereocenters. The third kappa shape index (κ3) is 4.09. The van der Waals surface area contributed by atoms with Crippen molar-refractivity contribution in [1.29, 1.82) is 5.26 Å². The Bertz CT molecular complexity index is 1020. The number of nitrogens with zero attached hydrogens (tertiary/aromatic N) is 3. The maximum atomic E-state index is 12.2. The largest absolute Gasteiger partial charge is 0.457 e. The lowest BCUT2D eigenvalue weighted by Crippen LogP contribution is -2.15. The van der Waals surface area contributed by atoms with Crippen LogP contribution in [0.25, 0.3) is 17.4 Å². The Labute approximate surface area is 158 Å². The highest BCUT2D eigenvalue weighted by Gasteiger charge is 2.13. The van der Waals surface area contributed by atoms with Gasteiger partial charge in [0, 0.05) is 24.0 Å². The summed E-state index contributed by atoms with van der Waals surface area (Å²) >= 11 is 11.9. The van der Waals surface area contributed by atoms with Crippen molar-refractivity contribution in [2.75, 3.05) is 5.32 Å². The molecule has 26 heavy (non-hydrogen) atoms. The van der Waals surface area contributed by atoms with Gasteiger partial charge in [-0.3, -0.25) is 10.1 Å². The van der Waals surface area contributed by atoms with E-state index >= 15 is 0 Å². The molecule has 0 spiro atoms. The van der Waals surface area contributed by atoms with Crippen molar-refractivity contribution in [1.82, 2.24) is 9.97 Å². The molecule has 0 saturated carbocycles. The second-order valence-electron chi connectivity index (χ2n) is 5.03. The van der Waals surface area contributed by atoms with Crippen molar-refractivity contribution in [2.45, 2.75) is 0 Å². The van der Waals surface area contributed by atoms with Gasteiger partial charge in [0.1, 0.15) is 23.2 Å². The monoisotopic (exact) mass is 384 g/mol. The topological polar surface area (TPSA) is 91.8 Å². The number of hydrogen-bond donors (Lipinski definition) is 1. The smallest absolute Gasteiger partial charge is 0.268 e. The third-order valence-corrected chi connectivity index (χ3v) is 4.01. The van der Waals surface area contributed by atoms with E-state index in [1.165, 1.54) is 18.5 Å². The van der Waals surface area contributed by atoms with Gasteiger partial charge in [0.2, 0.25) is 5.95 Å². The molecule has 0 aliphatic heterocycles. The fraction of sp³-hybridized carbons (Fsp3) is 0. The van der Waals surface area contributed by atoms with Crippen LogP contribution >= 0.6 is 23.2 Å². The van der Waals surface area contributed by atoms with E-state index in [1.807, 2.05) is 6.07 Å². The van der Waals surface area contributed by atoms with Crippen LogP contribution in [-0.4, -0.2) is 15.9 Å². The second kappa shape index (κ2) is 7.83. The van der Waals surface area contributed by atoms with Gasteiger partial charge >= 0.3 is 0 Å². The molecule has 8 heteroatoms. The van der Waals surface area contributed by atoms with E-state index in [0.29, 0.717) is 21.6 Å². The van der Waals surface area contributed by atoms with Crippen LogP contribution in [0.5, 0.6) is 0 Å². The van der Waals surface area contributed by atoms with Gasteiger partial charge in [0.05, 0.1) is 10.0 Å². The number of amides is 1. The SMILES string of the molecule is N#C/C(=C\c1ccc(-c2ccc(Cl)c(Cl)c2)o1)C(=O)Nc1ncccn1. The van der Waals surface area contributed by atoms with Gasteiger partial charge in [-0.2, -0.15) is 5.26 Å². The van der Waals surface area contributed by atoms with Gasteiger partial charge in [0.25, 0.3) is 5.91 Å². The summed E-state index contributed by atoms with van der Waals surface area (Å²) in [5.74, 6) is 0.339. The number of carbonyl (C=O) groups excluding carboxylic acids is 1. The molecule has 0 aliphatic carbocycles. The molecular weight excluding hydrogens is 375 g/mol. The summed E-state index contributed by atoms with van der Waals surface area (Å²) in [6.07, 6.45) is 4.29. The molecule has 3 aromatic rings. The van der Waals surface area contributed by atoms with E-state index < -0.39 is 5.91 Å². The minimum Gasteiger partial charge on any atom is -0.457 e. The molecule has 6 nitrogen and oxygen atoms in total. The lowest BCUT2D eigenvalue weighted by atomic mass is 10.2. The lowest BCUT2D eigenvalue weighted by molar-refractivity contribution is -0.112. The Hall–Kier alpha value is -3.14. The predicted octanol–water partition coefficient (Wildman–Crippen LogP) is 4.59. The summed E-state index contributed by atoms with van der Waals surface area (Å²) < 4.78 is 5.66. The van der Waals surface area contributed by atoms with Crippen LogP contribution < -0.4 is 5.32 Å². The highest BCUT2D eigenvalue weighted by atomic mass is 35.5. The van der Waals surface area contributed by atoms with Gasteiger partial charge < -0.3 is 4.42 Å². The number of furan rings is 1. The number of benzene rings is 1. The molecule has 0 atom stereocenters. The lowest BCUT2D eigenvalue weighted by Gasteiger charge is -2.01. The maximum Gasteiger partial charge on any atom is 0.268 e. The molecule has 0 saturated heterocycles. The van der Waals surface area contributed by atoms with Crippen LogP contribution in [0.15, 0.2) is 58.8 Å². The van der Waals surface area contributed by atoms with Crippen LogP contribution in [0.4, 0.5) is 5.95 Å². The quantitative estimate of drug-likeness (QED) is 0.524. The second-order valence-corrected chi connectivity index (χ2v) is 5.84. The van der Waals surface area contributed by atoms with Crippen molar-refractivity contribution in [3.8, 4) is 17.4 Å². The number of nitrogens with one attached hydrogen (secondary N) is 1. The van der Waals surface area contributed by atoms with Gasteiger partial charge in [0.15, 0.2) is 0 Å². The molecule has 0 aliphatic rings. The molecule has 1 N–H and O–H groups in total. The van der Waals surface area contributed by atoms with E-state index in [1.54, 1.807) is 36.4 Å². The molecule has 3 rings (SSSR count). The Morgan fingerprint density at radius 3 is 2.62 bits per heavy atom. The molecule has 2 heterocycles. The summed E-state index contributed by atoms with van der Waals surface area (Å²) in [6.45, 7) is 0. The number of hydrogen-bond acceptors (Lipinski definition) is 5. The van der Waals surface area contributed by atoms with Gasteiger partial charge in [-0.15, -0.1) is 0 Å². The van der Waals surface area contributed by atoms with E-state index in [2.05, 4.69) is 15.3 Å². The van der Waals surface area contributed by atoms with E-state index in [0.717, 1.165) is 5.56 Å². The van der Waals surface area contributed by atoms with Crippen molar-refractivity contribution in [3.63, 3.8) is 0 Å². The third-order valence-electron chi connectivity index (χ3n) is 3.27. The zero-order valence-electron chi connectivity index (χ0n) is 13.1. The molecule has 1 aromatic carbocycles. The number of halogens is 2. The van der Waals surface area contributed by atoms with Crippen LogP contribution in [0.2, 0.25) is 10.0 Å². The van der Waals surface area contributed by atoms with E-state index in [-0.39, 0.29) is 11.5 Å². The molecular formula is C18H10Cl2N4O2. The van der Waals surface area contributed by atoms with Crippen molar-refractivity contribution >= 4 is 41.1 Å². The summed E-state index contributed by atoms with van der Waals surface area (Å²) in [6, 6.07) is 11.9. The van der Waals surface area contributed by atoms with E-state index in [4.69, 9.17) is 27.6 Å². The molecule has 0 bridgehead atoms. The first-order valence-corrected chi connectivity index (χ1v) is 8.08. The molecule has 0 fully saturated rings. The Kier molecular flexibility index (Phi) is 5.32. The highest BCUT2D eigenvalue weighted by molar-refractivity contribution is 6.42. The predicted molar refractivity (Wildman–Crippen MR) is 98.4 cm³/mol. The Morgan fingerprint density at radius 1 is 1.15 bits per heavy atom. The zero-order valence-corrected chi connectivity index (χ0v) is 14.6. The number of anilines is 1. The summed E-state index contributed by atoms with van der Waals surface area (Å²) in [5.41, 5.74) is 0.576. The summed E-state index contributed by atoms with van der Waals surface area (Å²) in [5, 5.41) is 12.5. The van der Waals surface area contributed by atoms with Crippen molar-refractivity contribution < 1.29 is 9.21 Å². The molecule has 2 aromatic heterocycles. The van der Waals surface area contributed by atoms with Crippen LogP contribution in [0, 0.1) is 11.3 Å². The summed E-state index contributed by atoms with van der Waals surface area (Å²) in [7, 11) is 0. The van der Waals surface area contributed by atoms with Gasteiger partial charge in [-0.25, -0.2) is 9.97 Å². The Balaban J connectivity index is 1.82. The van der Waals surface area contributed by atoms with E-state index in [9.17, 15) is 10.1 Å². The normalized spacial score (nSPS) is 11.0. The minimum atomic E-state index is -0.633. The van der Waals surface area contributed by atoms with Gasteiger partial charge in [-0.1, -0.05) is 23.2 Å². The number of nitriles is 1. The first-order chi connectivity index (χ1) is 12.6. The van der Waals surface area contributed by atoms with Gasteiger partial charge in [-0.05, 0) is 36.4 Å². The highest BCUT2D eigenvalue weighted by Crippen LogP contribution is 2.30. The standard InChI is InChI=1S/C18H10Cl2N4O2/c19-14-4-2-11(9-15(14)20)16-5-3-13(26-16)8-12(10-21)17(25)24-18-22-6-1-7-23-18/h1-9H,(H,22,23,24,25)/b12-8+. The molecule has 128 valence electrons. The average Bonchev–Trinajstić information content (AvgIpc) is 3.11. The number of carbonyl (C=O) groups is 1. The maximum absolute atomic E-state index is 12.2. The fourth-order valence-electron chi connectivity index (χ4n) is 2.06. The van der Waals surface area contributed by atoms with Crippen LogP contribution in [-0.2, 0) is 4.79 Å². The van der Waals surface area contributed by atoms with Crippen molar-refractivity contribution in [2.24, 2.45) is 0 Å². The summed E-state index contributed by atoms with van der Waals surface area (Å²) in [4.78, 5) is 19.9. The minimum absolute atomic E-state index is 0.106. The molecule has 0 radical (unpaired) electrons. The van der Waals surface area contributed by atoms with Crippen LogP contribution in [0.3, 0.4) is 0 Å². The fourth-order valence-corrected chi connectivity index (χ4v) is 2.36. The first-order valence-electron chi connectivity index (χ1n) is 7.32. The zero-order chi connectivity index (χ0) is 18.5. The van der Waals surface area contributed by atoms with Crippen LogP contribution in [0.1, 0.15) is 5.76 Å².